The van der Waals surface area contributed by atoms with Gasteiger partial charge in [0, 0.05) is 4.47 Å². The van der Waals surface area contributed by atoms with E-state index in [2.05, 4.69) is 21.2 Å². The van der Waals surface area contributed by atoms with Crippen molar-refractivity contribution in [2.24, 2.45) is 0 Å². The first kappa shape index (κ1) is 15.3. The molecule has 0 bridgehead atoms. The van der Waals surface area contributed by atoms with Crippen LogP contribution in [-0.2, 0) is 14.6 Å². The lowest BCUT2D eigenvalue weighted by Crippen LogP contribution is -2.48. The summed E-state index contributed by atoms with van der Waals surface area (Å²) >= 11 is 3.31. The number of amides is 1. The average molecular weight is 362 g/mol. The molecule has 0 radical (unpaired) electrons. The standard InChI is InChI=1S/C13H16BrNO4S/c1-13(5-6-20(17,18)9-13)15-12(16)8-19-11-4-2-3-10(14)7-11/h2-4,7H,5-6,8-9H2,1H3,(H,15,16). The van der Waals surface area contributed by atoms with Crippen molar-refractivity contribution in [1.82, 2.24) is 5.32 Å². The SMILES string of the molecule is CC1(NC(=O)COc2cccc(Br)c2)CCS(=O)(=O)C1. The Morgan fingerprint density at radius 1 is 1.50 bits per heavy atom. The molecular weight excluding hydrogens is 346 g/mol. The Labute approximate surface area is 126 Å². The predicted molar refractivity (Wildman–Crippen MR) is 79.5 cm³/mol. The maximum absolute atomic E-state index is 11.8. The van der Waals surface area contributed by atoms with E-state index < -0.39 is 15.4 Å². The number of hydrogen-bond donors (Lipinski definition) is 1. The largest absolute Gasteiger partial charge is 0.484 e. The Balaban J connectivity index is 1.87. The first-order valence-electron chi connectivity index (χ1n) is 6.18. The van der Waals surface area contributed by atoms with E-state index in [1.54, 1.807) is 19.1 Å². The summed E-state index contributed by atoms with van der Waals surface area (Å²) in [5.41, 5.74) is -0.684. The summed E-state index contributed by atoms with van der Waals surface area (Å²) in [7, 11) is -3.03. The van der Waals surface area contributed by atoms with E-state index in [0.29, 0.717) is 12.2 Å². The molecule has 7 heteroatoms. The number of sulfone groups is 1. The number of ether oxygens (including phenoxy) is 1. The Kier molecular flexibility index (Phi) is 4.39. The van der Waals surface area contributed by atoms with Gasteiger partial charge >= 0.3 is 0 Å². The highest BCUT2D eigenvalue weighted by Crippen LogP contribution is 2.23. The molecule has 2 rings (SSSR count). The highest BCUT2D eigenvalue weighted by Gasteiger charge is 2.39. The van der Waals surface area contributed by atoms with Crippen LogP contribution in [0.2, 0.25) is 0 Å². The summed E-state index contributed by atoms with van der Waals surface area (Å²) < 4.78 is 29.1. The monoisotopic (exact) mass is 361 g/mol. The number of carbonyl (C=O) groups excluding carboxylic acids is 1. The van der Waals surface area contributed by atoms with Crippen LogP contribution >= 0.6 is 15.9 Å². The number of rotatable bonds is 4. The van der Waals surface area contributed by atoms with Crippen LogP contribution in [0.25, 0.3) is 0 Å². The second-order valence-electron chi connectivity index (χ2n) is 5.20. The van der Waals surface area contributed by atoms with Gasteiger partial charge in [0.1, 0.15) is 5.75 Å². The maximum Gasteiger partial charge on any atom is 0.258 e. The zero-order chi connectivity index (χ0) is 14.8. The minimum atomic E-state index is -3.03. The third-order valence-electron chi connectivity index (χ3n) is 3.11. The highest BCUT2D eigenvalue weighted by molar-refractivity contribution is 9.10. The van der Waals surface area contributed by atoms with Crippen LogP contribution in [0.4, 0.5) is 0 Å². The maximum atomic E-state index is 11.8. The van der Waals surface area contributed by atoms with Gasteiger partial charge in [-0.15, -0.1) is 0 Å². The molecule has 20 heavy (non-hydrogen) atoms. The summed E-state index contributed by atoms with van der Waals surface area (Å²) in [4.78, 5) is 11.8. The van der Waals surface area contributed by atoms with Gasteiger partial charge in [-0.3, -0.25) is 4.79 Å². The van der Waals surface area contributed by atoms with Gasteiger partial charge in [-0.25, -0.2) is 8.42 Å². The molecule has 1 aliphatic rings. The molecular formula is C13H16BrNO4S. The normalized spacial score (nSPS) is 24.3. The number of hydrogen-bond acceptors (Lipinski definition) is 4. The zero-order valence-electron chi connectivity index (χ0n) is 11.1. The highest BCUT2D eigenvalue weighted by atomic mass is 79.9. The van der Waals surface area contributed by atoms with Crippen LogP contribution in [0.3, 0.4) is 0 Å². The molecule has 110 valence electrons. The summed E-state index contributed by atoms with van der Waals surface area (Å²) in [5.74, 6) is 0.377. The summed E-state index contributed by atoms with van der Waals surface area (Å²) in [6.45, 7) is 1.61. The molecule has 1 aliphatic heterocycles. The van der Waals surface area contributed by atoms with Crippen molar-refractivity contribution in [1.29, 1.82) is 0 Å². The fourth-order valence-electron chi connectivity index (χ4n) is 2.19. The van der Waals surface area contributed by atoms with Gasteiger partial charge in [-0.2, -0.15) is 0 Å². The van der Waals surface area contributed by atoms with Gasteiger partial charge in [0.2, 0.25) is 0 Å². The average Bonchev–Trinajstić information content (AvgIpc) is 2.61. The molecule has 1 N–H and O–H groups in total. The molecule has 1 atom stereocenters. The second-order valence-corrected chi connectivity index (χ2v) is 8.30. The van der Waals surface area contributed by atoms with Gasteiger partial charge in [-0.1, -0.05) is 22.0 Å². The Morgan fingerprint density at radius 2 is 2.25 bits per heavy atom. The van der Waals surface area contributed by atoms with Crippen molar-refractivity contribution < 1.29 is 17.9 Å². The number of benzene rings is 1. The number of halogens is 1. The first-order chi connectivity index (χ1) is 9.28. The molecule has 0 aromatic heterocycles. The van der Waals surface area contributed by atoms with Crippen LogP contribution < -0.4 is 10.1 Å². The molecule has 1 saturated heterocycles. The van der Waals surface area contributed by atoms with Gasteiger partial charge in [-0.05, 0) is 31.5 Å². The van der Waals surface area contributed by atoms with E-state index in [0.717, 1.165) is 4.47 Å². The summed E-state index contributed by atoms with van der Waals surface area (Å²) in [6.07, 6.45) is 0.442. The fraction of sp³-hybridized carbons (Fsp3) is 0.462. The zero-order valence-corrected chi connectivity index (χ0v) is 13.5. The van der Waals surface area contributed by atoms with Crippen molar-refractivity contribution in [2.45, 2.75) is 18.9 Å². The van der Waals surface area contributed by atoms with E-state index in [4.69, 9.17) is 4.74 Å². The van der Waals surface area contributed by atoms with Crippen molar-refractivity contribution in [3.05, 3.63) is 28.7 Å². The second kappa shape index (κ2) is 5.73. The number of carbonyl (C=O) groups is 1. The molecule has 1 heterocycles. The van der Waals surface area contributed by atoms with Crippen molar-refractivity contribution >= 4 is 31.7 Å². The van der Waals surface area contributed by atoms with E-state index in [9.17, 15) is 13.2 Å². The smallest absolute Gasteiger partial charge is 0.258 e. The molecule has 0 aliphatic carbocycles. The quantitative estimate of drug-likeness (QED) is 0.882. The molecule has 1 fully saturated rings. The van der Waals surface area contributed by atoms with Crippen LogP contribution in [-0.4, -0.2) is 38.0 Å². The molecule has 0 saturated carbocycles. The van der Waals surface area contributed by atoms with Crippen LogP contribution in [0, 0.1) is 0 Å². The van der Waals surface area contributed by atoms with Crippen molar-refractivity contribution in [2.75, 3.05) is 18.1 Å². The van der Waals surface area contributed by atoms with Gasteiger partial charge in [0.25, 0.3) is 5.91 Å². The van der Waals surface area contributed by atoms with Gasteiger partial charge < -0.3 is 10.1 Å². The van der Waals surface area contributed by atoms with Crippen molar-refractivity contribution in [3.8, 4) is 5.75 Å². The molecule has 1 unspecified atom stereocenters. The van der Waals surface area contributed by atoms with E-state index in [-0.39, 0.29) is 24.0 Å². The lowest BCUT2D eigenvalue weighted by molar-refractivity contribution is -0.124. The first-order valence-corrected chi connectivity index (χ1v) is 8.79. The van der Waals surface area contributed by atoms with E-state index in [1.807, 2.05) is 12.1 Å². The Morgan fingerprint density at radius 3 is 2.85 bits per heavy atom. The van der Waals surface area contributed by atoms with E-state index >= 15 is 0 Å². The minimum absolute atomic E-state index is 0.0113. The summed E-state index contributed by atoms with van der Waals surface area (Å²) in [6, 6.07) is 7.17. The van der Waals surface area contributed by atoms with Crippen LogP contribution in [0.15, 0.2) is 28.7 Å². The Hall–Kier alpha value is -1.08. The lowest BCUT2D eigenvalue weighted by Gasteiger charge is -2.23. The molecule has 1 amide bonds. The third kappa shape index (κ3) is 4.21. The predicted octanol–water partition coefficient (Wildman–Crippen LogP) is 1.52. The topological polar surface area (TPSA) is 72.5 Å². The molecule has 0 spiro atoms. The molecule has 1 aromatic rings. The lowest BCUT2D eigenvalue weighted by atomic mass is 10.0. The fourth-order valence-corrected chi connectivity index (χ4v) is 4.66. The summed E-state index contributed by atoms with van der Waals surface area (Å²) in [5, 5.41) is 2.74. The van der Waals surface area contributed by atoms with Crippen LogP contribution in [0.1, 0.15) is 13.3 Å². The van der Waals surface area contributed by atoms with E-state index in [1.165, 1.54) is 0 Å². The molecule has 5 nitrogen and oxygen atoms in total. The third-order valence-corrected chi connectivity index (χ3v) is 5.51. The van der Waals surface area contributed by atoms with Gasteiger partial charge in [0.15, 0.2) is 16.4 Å². The van der Waals surface area contributed by atoms with Crippen molar-refractivity contribution in [3.63, 3.8) is 0 Å². The van der Waals surface area contributed by atoms with Crippen LogP contribution in [0.5, 0.6) is 5.75 Å². The Bertz CT molecular complexity index is 617. The number of nitrogens with one attached hydrogen (secondary N) is 1. The van der Waals surface area contributed by atoms with Gasteiger partial charge in [0.05, 0.1) is 17.0 Å². The minimum Gasteiger partial charge on any atom is -0.484 e. The molecule has 1 aromatic carbocycles.